The van der Waals surface area contributed by atoms with Gasteiger partial charge < -0.3 is 14.0 Å². The van der Waals surface area contributed by atoms with E-state index in [0.717, 1.165) is 0 Å². The van der Waals surface area contributed by atoms with E-state index in [1.165, 1.54) is 25.3 Å². The second-order valence-electron chi connectivity index (χ2n) is 4.76. The smallest absolute Gasteiger partial charge is 0.377 e. The Labute approximate surface area is 147 Å². The molecule has 0 atom stereocenters. The van der Waals surface area contributed by atoms with E-state index in [1.807, 2.05) is 0 Å². The molecule has 0 spiro atoms. The maximum atomic E-state index is 12.0. The molecule has 2 rings (SSSR count). The lowest BCUT2D eigenvalue weighted by Crippen LogP contribution is -2.43. The number of rotatable bonds is 5. The first-order chi connectivity index (χ1) is 11.9. The average molecular weight is 368 g/mol. The van der Waals surface area contributed by atoms with E-state index in [1.54, 1.807) is 13.0 Å². The van der Waals surface area contributed by atoms with Crippen LogP contribution in [-0.4, -0.2) is 36.7 Å². The monoisotopic (exact) mass is 367 g/mol. The summed E-state index contributed by atoms with van der Waals surface area (Å²) in [5.74, 6) is -2.09. The Hall–Kier alpha value is -3.07. The molecule has 10 heteroatoms. The van der Waals surface area contributed by atoms with Crippen LogP contribution < -0.4 is 15.6 Å². The van der Waals surface area contributed by atoms with Gasteiger partial charge in [-0.15, -0.1) is 0 Å². The van der Waals surface area contributed by atoms with Gasteiger partial charge in [-0.2, -0.15) is 0 Å². The summed E-state index contributed by atoms with van der Waals surface area (Å²) in [4.78, 5) is 35.3. The van der Waals surface area contributed by atoms with Crippen LogP contribution in [0.2, 0.25) is 5.02 Å². The van der Waals surface area contributed by atoms with Gasteiger partial charge >= 0.3 is 5.97 Å². The quantitative estimate of drug-likeness (QED) is 0.603. The molecule has 0 aliphatic rings. The highest BCUT2D eigenvalue weighted by Crippen LogP contribution is 2.22. The van der Waals surface area contributed by atoms with Crippen molar-refractivity contribution in [2.45, 2.75) is 6.92 Å². The molecule has 0 saturated heterocycles. The molecule has 1 heterocycles. The second-order valence-corrected chi connectivity index (χ2v) is 5.19. The summed E-state index contributed by atoms with van der Waals surface area (Å²) >= 11 is 5.83. The van der Waals surface area contributed by atoms with Gasteiger partial charge in [-0.05, 0) is 25.1 Å². The SMILES string of the molecule is COc1ccc(Cl)cc1C(=O)NNC(=O)COC(=O)c1cc(C)no1. The zero-order chi connectivity index (χ0) is 18.4. The zero-order valence-electron chi connectivity index (χ0n) is 13.3. The first-order valence-electron chi connectivity index (χ1n) is 6.94. The number of aromatic nitrogens is 1. The zero-order valence-corrected chi connectivity index (χ0v) is 14.0. The molecule has 0 bridgehead atoms. The number of aryl methyl sites for hydroxylation is 1. The highest BCUT2D eigenvalue weighted by Gasteiger charge is 2.17. The maximum Gasteiger partial charge on any atom is 0.377 e. The second kappa shape index (κ2) is 8.15. The van der Waals surface area contributed by atoms with E-state index < -0.39 is 24.4 Å². The first kappa shape index (κ1) is 18.3. The topological polar surface area (TPSA) is 120 Å². The number of nitrogens with zero attached hydrogens (tertiary/aromatic N) is 1. The number of hydrogen-bond acceptors (Lipinski definition) is 7. The van der Waals surface area contributed by atoms with Crippen molar-refractivity contribution in [1.29, 1.82) is 0 Å². The minimum atomic E-state index is -0.849. The number of halogens is 1. The van der Waals surface area contributed by atoms with E-state index in [0.29, 0.717) is 10.7 Å². The molecule has 25 heavy (non-hydrogen) atoms. The van der Waals surface area contributed by atoms with Crippen LogP contribution in [0.3, 0.4) is 0 Å². The van der Waals surface area contributed by atoms with E-state index in [9.17, 15) is 14.4 Å². The number of hydrogen-bond donors (Lipinski definition) is 2. The van der Waals surface area contributed by atoms with Crippen molar-refractivity contribution in [3.8, 4) is 5.75 Å². The third-order valence-corrected chi connectivity index (χ3v) is 3.12. The van der Waals surface area contributed by atoms with Gasteiger partial charge in [0.2, 0.25) is 5.76 Å². The standard InChI is InChI=1S/C15H14ClN3O6/c1-8-5-12(25-19-8)15(22)24-7-13(20)17-18-14(21)10-6-9(16)3-4-11(10)23-2/h3-6H,7H2,1-2H3,(H,17,20)(H,18,21). The summed E-state index contributed by atoms with van der Waals surface area (Å²) in [5.41, 5.74) is 4.90. The largest absolute Gasteiger partial charge is 0.496 e. The number of carbonyl (C=O) groups excluding carboxylic acids is 3. The van der Waals surface area contributed by atoms with Crippen LogP contribution in [0.15, 0.2) is 28.8 Å². The fourth-order valence-corrected chi connectivity index (χ4v) is 1.92. The molecular formula is C15H14ClN3O6. The Morgan fingerprint density at radius 2 is 2.00 bits per heavy atom. The Bertz CT molecular complexity index is 804. The molecule has 2 amide bonds. The lowest BCUT2D eigenvalue weighted by Gasteiger charge is -2.10. The molecule has 1 aromatic heterocycles. The molecule has 132 valence electrons. The molecule has 9 nitrogen and oxygen atoms in total. The Kier molecular flexibility index (Phi) is 5.96. The van der Waals surface area contributed by atoms with Crippen molar-refractivity contribution >= 4 is 29.4 Å². The lowest BCUT2D eigenvalue weighted by molar-refractivity contribution is -0.125. The number of ether oxygens (including phenoxy) is 2. The Morgan fingerprint density at radius 1 is 1.24 bits per heavy atom. The number of amides is 2. The molecular weight excluding hydrogens is 354 g/mol. The van der Waals surface area contributed by atoms with E-state index in [4.69, 9.17) is 25.6 Å². The summed E-state index contributed by atoms with van der Waals surface area (Å²) in [7, 11) is 1.39. The van der Waals surface area contributed by atoms with Crippen molar-refractivity contribution in [1.82, 2.24) is 16.0 Å². The third kappa shape index (κ3) is 4.95. The van der Waals surface area contributed by atoms with Crippen LogP contribution in [0, 0.1) is 6.92 Å². The molecule has 0 unspecified atom stereocenters. The normalized spacial score (nSPS) is 10.0. The summed E-state index contributed by atoms with van der Waals surface area (Å²) in [6, 6.07) is 5.82. The molecule has 1 aromatic carbocycles. The van der Waals surface area contributed by atoms with Gasteiger partial charge in [0.25, 0.3) is 11.8 Å². The van der Waals surface area contributed by atoms with Crippen LogP contribution in [0.1, 0.15) is 26.6 Å². The predicted octanol–water partition coefficient (Wildman–Crippen LogP) is 1.26. The molecule has 0 saturated carbocycles. The van der Waals surface area contributed by atoms with Crippen LogP contribution >= 0.6 is 11.6 Å². The van der Waals surface area contributed by atoms with Gasteiger partial charge in [0, 0.05) is 11.1 Å². The van der Waals surface area contributed by atoms with Gasteiger partial charge in [-0.25, -0.2) is 4.79 Å². The molecule has 2 N–H and O–H groups in total. The first-order valence-corrected chi connectivity index (χ1v) is 7.31. The van der Waals surface area contributed by atoms with Crippen molar-refractivity contribution in [2.75, 3.05) is 13.7 Å². The van der Waals surface area contributed by atoms with Gasteiger partial charge in [0.1, 0.15) is 5.75 Å². The van der Waals surface area contributed by atoms with Gasteiger partial charge in [-0.3, -0.25) is 20.4 Å². The number of methoxy groups -OCH3 is 1. The van der Waals surface area contributed by atoms with Gasteiger partial charge in [0.05, 0.1) is 18.4 Å². The highest BCUT2D eigenvalue weighted by atomic mass is 35.5. The highest BCUT2D eigenvalue weighted by molar-refractivity contribution is 6.31. The van der Waals surface area contributed by atoms with Crippen molar-refractivity contribution < 1.29 is 28.4 Å². The summed E-state index contributed by atoms with van der Waals surface area (Å²) in [6.45, 7) is 1.01. The average Bonchev–Trinajstić information content (AvgIpc) is 3.04. The summed E-state index contributed by atoms with van der Waals surface area (Å²) in [6.07, 6.45) is 0. The number of hydrazine groups is 1. The molecule has 0 fully saturated rings. The Morgan fingerprint density at radius 3 is 2.64 bits per heavy atom. The molecule has 0 radical (unpaired) electrons. The fraction of sp³-hybridized carbons (Fsp3) is 0.200. The number of esters is 1. The summed E-state index contributed by atoms with van der Waals surface area (Å²) in [5, 5.41) is 3.85. The van der Waals surface area contributed by atoms with Gasteiger partial charge in [0.15, 0.2) is 6.61 Å². The lowest BCUT2D eigenvalue weighted by atomic mass is 10.2. The minimum absolute atomic E-state index is 0.127. The fourth-order valence-electron chi connectivity index (χ4n) is 1.75. The van der Waals surface area contributed by atoms with Crippen molar-refractivity contribution in [2.24, 2.45) is 0 Å². The molecule has 0 aliphatic carbocycles. The molecule has 2 aromatic rings. The number of nitrogens with one attached hydrogen (secondary N) is 2. The predicted molar refractivity (Wildman–Crippen MR) is 85.1 cm³/mol. The maximum absolute atomic E-state index is 12.0. The summed E-state index contributed by atoms with van der Waals surface area (Å²) < 4.78 is 14.5. The minimum Gasteiger partial charge on any atom is -0.496 e. The van der Waals surface area contributed by atoms with E-state index in [-0.39, 0.29) is 17.1 Å². The van der Waals surface area contributed by atoms with Crippen molar-refractivity contribution in [3.05, 3.63) is 46.3 Å². The van der Waals surface area contributed by atoms with Crippen LogP contribution in [-0.2, 0) is 9.53 Å². The van der Waals surface area contributed by atoms with E-state index >= 15 is 0 Å². The Balaban J connectivity index is 1.84. The number of benzene rings is 1. The van der Waals surface area contributed by atoms with Gasteiger partial charge in [-0.1, -0.05) is 16.8 Å². The molecule has 0 aliphatic heterocycles. The third-order valence-electron chi connectivity index (χ3n) is 2.89. The van der Waals surface area contributed by atoms with Crippen LogP contribution in [0.25, 0.3) is 0 Å². The van der Waals surface area contributed by atoms with Crippen LogP contribution in [0.4, 0.5) is 0 Å². The van der Waals surface area contributed by atoms with Crippen LogP contribution in [0.5, 0.6) is 5.75 Å². The number of carbonyl (C=O) groups is 3. The van der Waals surface area contributed by atoms with E-state index in [2.05, 4.69) is 16.0 Å². The van der Waals surface area contributed by atoms with Crippen molar-refractivity contribution in [3.63, 3.8) is 0 Å².